The van der Waals surface area contributed by atoms with Gasteiger partial charge in [-0.3, -0.25) is 9.59 Å². The van der Waals surface area contributed by atoms with Crippen LogP contribution in [0.15, 0.2) is 36.5 Å². The lowest BCUT2D eigenvalue weighted by Gasteiger charge is -2.21. The molecule has 0 heterocycles. The van der Waals surface area contributed by atoms with Crippen molar-refractivity contribution in [2.24, 2.45) is 0 Å². The number of carbonyl (C=O) groups excluding carboxylic acids is 2. The second kappa shape index (κ2) is 8.25. The Morgan fingerprint density at radius 3 is 2.52 bits per heavy atom. The molecule has 0 fully saturated rings. The van der Waals surface area contributed by atoms with Crippen molar-refractivity contribution < 1.29 is 9.59 Å². The van der Waals surface area contributed by atoms with Crippen molar-refractivity contribution in [3.63, 3.8) is 0 Å². The number of hydrogen-bond donors (Lipinski definition) is 0. The number of allylic oxidation sites excluding steroid dienone is 1. The van der Waals surface area contributed by atoms with Gasteiger partial charge in [-0.05, 0) is 18.6 Å². The largest absolute Gasteiger partial charge is 0.383 e. The Morgan fingerprint density at radius 2 is 1.95 bits per heavy atom. The summed E-state index contributed by atoms with van der Waals surface area (Å²) >= 11 is 0. The summed E-state index contributed by atoms with van der Waals surface area (Å²) in [5, 5.41) is 0. The van der Waals surface area contributed by atoms with Crippen molar-refractivity contribution in [2.75, 3.05) is 25.5 Å². The summed E-state index contributed by atoms with van der Waals surface area (Å²) in [4.78, 5) is 27.4. The van der Waals surface area contributed by atoms with E-state index in [9.17, 15) is 9.59 Å². The Bertz CT molecular complexity index is 521. The fourth-order valence-electron chi connectivity index (χ4n) is 1.92. The third-order valence-electron chi connectivity index (χ3n) is 3.08. The summed E-state index contributed by atoms with van der Waals surface area (Å²) in [5.41, 5.74) is 1.37. The second-order valence-corrected chi connectivity index (χ2v) is 5.22. The third kappa shape index (κ3) is 5.42. The molecule has 0 saturated heterocycles. The normalized spacial score (nSPS) is 10.7. The molecule has 0 saturated carbocycles. The van der Waals surface area contributed by atoms with E-state index in [4.69, 9.17) is 0 Å². The fourth-order valence-corrected chi connectivity index (χ4v) is 1.92. The average Bonchev–Trinajstić information content (AvgIpc) is 2.45. The smallest absolute Gasteiger partial charge is 0.223 e. The number of ketones is 1. The molecule has 21 heavy (non-hydrogen) atoms. The predicted molar refractivity (Wildman–Crippen MR) is 86.5 cm³/mol. The van der Waals surface area contributed by atoms with Crippen LogP contribution in [-0.2, 0) is 4.79 Å². The number of hydrogen-bond acceptors (Lipinski definition) is 3. The number of unbranched alkanes of at least 4 members (excludes halogenated alkanes) is 1. The summed E-state index contributed by atoms with van der Waals surface area (Å²) in [6, 6.07) is 7.22. The maximum Gasteiger partial charge on any atom is 0.223 e. The zero-order valence-corrected chi connectivity index (χ0v) is 13.3. The average molecular weight is 288 g/mol. The van der Waals surface area contributed by atoms with E-state index >= 15 is 0 Å². The van der Waals surface area contributed by atoms with E-state index in [1.165, 1.54) is 6.08 Å². The second-order valence-electron chi connectivity index (χ2n) is 5.22. The molecular weight excluding hydrogens is 264 g/mol. The zero-order valence-electron chi connectivity index (χ0n) is 13.3. The maximum absolute atomic E-state index is 12.1. The molecular formula is C17H24N2O2. The van der Waals surface area contributed by atoms with Crippen LogP contribution in [0.5, 0.6) is 0 Å². The summed E-state index contributed by atoms with van der Waals surface area (Å²) in [6.45, 7) is 4.32. The summed E-state index contributed by atoms with van der Waals surface area (Å²) in [7, 11) is 3.73. The summed E-state index contributed by atoms with van der Waals surface area (Å²) < 4.78 is 0. The monoisotopic (exact) mass is 288 g/mol. The van der Waals surface area contributed by atoms with E-state index in [1.807, 2.05) is 31.1 Å². The standard InChI is InChI=1S/C17H24N2O2/c1-5-6-11-19(14(2)20)16-9-7-8-15(13-16)17(21)10-12-18(3)4/h7-10,12-13H,5-6,11H2,1-4H3/b12-10+. The number of anilines is 1. The molecule has 0 aliphatic rings. The molecule has 0 aromatic heterocycles. The van der Waals surface area contributed by atoms with Crippen LogP contribution in [0, 0.1) is 0 Å². The zero-order chi connectivity index (χ0) is 15.8. The molecule has 0 aliphatic carbocycles. The molecule has 1 amide bonds. The van der Waals surface area contributed by atoms with Crippen LogP contribution in [0.1, 0.15) is 37.0 Å². The van der Waals surface area contributed by atoms with Gasteiger partial charge in [-0.25, -0.2) is 0 Å². The van der Waals surface area contributed by atoms with Crippen molar-refractivity contribution in [1.29, 1.82) is 0 Å². The Balaban J connectivity index is 2.97. The first-order valence-electron chi connectivity index (χ1n) is 7.22. The quantitative estimate of drug-likeness (QED) is 0.572. The Kier molecular flexibility index (Phi) is 6.66. The lowest BCUT2D eigenvalue weighted by molar-refractivity contribution is -0.116. The fraction of sp³-hybridized carbons (Fsp3) is 0.412. The summed E-state index contributed by atoms with van der Waals surface area (Å²) in [5.74, 6) is -0.0681. The first kappa shape index (κ1) is 17.0. The van der Waals surface area contributed by atoms with Crippen molar-refractivity contribution in [3.8, 4) is 0 Å². The van der Waals surface area contributed by atoms with Crippen LogP contribution < -0.4 is 4.90 Å². The molecule has 4 nitrogen and oxygen atoms in total. The molecule has 0 radical (unpaired) electrons. The number of nitrogens with zero attached hydrogens (tertiary/aromatic N) is 2. The van der Waals surface area contributed by atoms with Gasteiger partial charge in [-0.15, -0.1) is 0 Å². The van der Waals surface area contributed by atoms with Gasteiger partial charge in [0.15, 0.2) is 5.78 Å². The molecule has 114 valence electrons. The minimum atomic E-state index is -0.0652. The minimum absolute atomic E-state index is 0.00289. The van der Waals surface area contributed by atoms with Gasteiger partial charge in [-0.1, -0.05) is 25.5 Å². The van der Waals surface area contributed by atoms with E-state index in [0.717, 1.165) is 18.5 Å². The van der Waals surface area contributed by atoms with Crippen LogP contribution in [0.25, 0.3) is 0 Å². The molecule has 1 aromatic carbocycles. The topological polar surface area (TPSA) is 40.6 Å². The van der Waals surface area contributed by atoms with Crippen LogP contribution >= 0.6 is 0 Å². The Hall–Kier alpha value is -2.10. The van der Waals surface area contributed by atoms with Crippen LogP contribution in [0.2, 0.25) is 0 Å². The Morgan fingerprint density at radius 1 is 1.24 bits per heavy atom. The summed E-state index contributed by atoms with van der Waals surface area (Å²) in [6.07, 6.45) is 5.21. The van der Waals surface area contributed by atoms with E-state index in [-0.39, 0.29) is 11.7 Å². The van der Waals surface area contributed by atoms with Gasteiger partial charge in [0.05, 0.1) is 0 Å². The SMILES string of the molecule is CCCCN(C(C)=O)c1cccc(C(=O)/C=C/N(C)C)c1. The van der Waals surface area contributed by atoms with E-state index in [0.29, 0.717) is 12.1 Å². The number of amides is 1. The molecule has 0 unspecified atom stereocenters. The van der Waals surface area contributed by atoms with Crippen LogP contribution in [-0.4, -0.2) is 37.2 Å². The highest BCUT2D eigenvalue weighted by Gasteiger charge is 2.12. The van der Waals surface area contributed by atoms with E-state index < -0.39 is 0 Å². The molecule has 0 spiro atoms. The van der Waals surface area contributed by atoms with E-state index in [2.05, 4.69) is 6.92 Å². The first-order valence-corrected chi connectivity index (χ1v) is 7.22. The van der Waals surface area contributed by atoms with Gasteiger partial charge >= 0.3 is 0 Å². The lowest BCUT2D eigenvalue weighted by Crippen LogP contribution is -2.29. The number of carbonyl (C=O) groups is 2. The maximum atomic E-state index is 12.1. The Labute approximate surface area is 127 Å². The third-order valence-corrected chi connectivity index (χ3v) is 3.08. The molecule has 1 aromatic rings. The van der Waals surface area contributed by atoms with Gasteiger partial charge in [-0.2, -0.15) is 0 Å². The van der Waals surface area contributed by atoms with E-state index in [1.54, 1.807) is 30.2 Å². The molecule has 0 aliphatic heterocycles. The van der Waals surface area contributed by atoms with Gasteiger partial charge < -0.3 is 9.80 Å². The van der Waals surface area contributed by atoms with Gasteiger partial charge in [0.1, 0.15) is 0 Å². The van der Waals surface area contributed by atoms with Crippen molar-refractivity contribution in [3.05, 3.63) is 42.1 Å². The van der Waals surface area contributed by atoms with Crippen LogP contribution in [0.4, 0.5) is 5.69 Å². The van der Waals surface area contributed by atoms with Crippen molar-refractivity contribution >= 4 is 17.4 Å². The van der Waals surface area contributed by atoms with Crippen molar-refractivity contribution in [1.82, 2.24) is 4.90 Å². The highest BCUT2D eigenvalue weighted by atomic mass is 16.2. The van der Waals surface area contributed by atoms with Gasteiger partial charge in [0.25, 0.3) is 0 Å². The molecule has 0 atom stereocenters. The highest BCUT2D eigenvalue weighted by Crippen LogP contribution is 2.18. The van der Waals surface area contributed by atoms with Gasteiger partial charge in [0, 0.05) is 51.1 Å². The van der Waals surface area contributed by atoms with Crippen molar-refractivity contribution in [2.45, 2.75) is 26.7 Å². The minimum Gasteiger partial charge on any atom is -0.383 e. The molecule has 0 N–H and O–H groups in total. The predicted octanol–water partition coefficient (Wildman–Crippen LogP) is 3.10. The first-order chi connectivity index (χ1) is 9.95. The number of benzene rings is 1. The molecule has 1 rings (SSSR count). The lowest BCUT2D eigenvalue weighted by atomic mass is 10.1. The molecule has 0 bridgehead atoms. The number of rotatable bonds is 7. The highest BCUT2D eigenvalue weighted by molar-refractivity contribution is 6.05. The molecule has 4 heteroatoms. The van der Waals surface area contributed by atoms with Gasteiger partial charge in [0.2, 0.25) is 5.91 Å². The van der Waals surface area contributed by atoms with Crippen LogP contribution in [0.3, 0.4) is 0 Å².